The van der Waals surface area contributed by atoms with E-state index in [0.29, 0.717) is 5.69 Å². The minimum absolute atomic E-state index is 0.0514. The normalized spacial score (nSPS) is 11.5. The van der Waals surface area contributed by atoms with Gasteiger partial charge in [0.25, 0.3) is 0 Å². The van der Waals surface area contributed by atoms with E-state index < -0.39 is 16.0 Å². The number of halogens is 1. The number of benzene rings is 1. The third-order valence-electron chi connectivity index (χ3n) is 2.83. The van der Waals surface area contributed by atoms with Crippen LogP contribution >= 0.6 is 11.6 Å². The number of sulfonamides is 1. The summed E-state index contributed by atoms with van der Waals surface area (Å²) in [6.45, 7) is 0.0514. The summed E-state index contributed by atoms with van der Waals surface area (Å²) in [6, 6.07) is 5.13. The zero-order valence-electron chi connectivity index (χ0n) is 10.9. The maximum Gasteiger partial charge on any atom is 0.335 e. The van der Waals surface area contributed by atoms with E-state index in [4.69, 9.17) is 16.7 Å². The second kappa shape index (κ2) is 5.84. The minimum atomic E-state index is -3.84. The molecule has 0 aliphatic heterocycles. The summed E-state index contributed by atoms with van der Waals surface area (Å²) < 4.78 is 28.3. The van der Waals surface area contributed by atoms with Crippen molar-refractivity contribution in [1.82, 2.24) is 14.5 Å². The molecule has 1 aromatic carbocycles. The maximum absolute atomic E-state index is 12.2. The summed E-state index contributed by atoms with van der Waals surface area (Å²) >= 11 is 5.85. The van der Waals surface area contributed by atoms with Crippen molar-refractivity contribution >= 4 is 27.6 Å². The first kappa shape index (κ1) is 15.5. The first-order chi connectivity index (χ1) is 9.81. The second-order valence-electron chi connectivity index (χ2n) is 4.22. The molecule has 112 valence electrons. The van der Waals surface area contributed by atoms with Crippen LogP contribution in [0.1, 0.15) is 16.1 Å². The van der Waals surface area contributed by atoms with Gasteiger partial charge < -0.3 is 5.11 Å². The van der Waals surface area contributed by atoms with E-state index >= 15 is 0 Å². The molecule has 7 nitrogen and oxygen atoms in total. The molecule has 2 N–H and O–H groups in total. The van der Waals surface area contributed by atoms with Gasteiger partial charge >= 0.3 is 5.97 Å². The molecule has 0 spiro atoms. The lowest BCUT2D eigenvalue weighted by molar-refractivity contribution is 0.0696. The lowest BCUT2D eigenvalue weighted by atomic mass is 10.2. The van der Waals surface area contributed by atoms with E-state index in [1.165, 1.54) is 10.7 Å². The molecule has 0 aliphatic carbocycles. The minimum Gasteiger partial charge on any atom is -0.478 e. The summed E-state index contributed by atoms with van der Waals surface area (Å²) in [5.41, 5.74) is 0.599. The molecular weight excluding hydrogens is 318 g/mol. The highest BCUT2D eigenvalue weighted by atomic mass is 35.5. The van der Waals surface area contributed by atoms with Gasteiger partial charge in [-0.2, -0.15) is 5.10 Å². The van der Waals surface area contributed by atoms with Crippen LogP contribution < -0.4 is 4.72 Å². The fourth-order valence-electron chi connectivity index (χ4n) is 1.67. The molecule has 0 saturated carbocycles. The van der Waals surface area contributed by atoms with Crippen molar-refractivity contribution in [2.45, 2.75) is 11.4 Å². The Morgan fingerprint density at radius 2 is 2.14 bits per heavy atom. The van der Waals surface area contributed by atoms with Crippen LogP contribution in [0.15, 0.2) is 35.4 Å². The quantitative estimate of drug-likeness (QED) is 0.859. The lowest BCUT2D eigenvalue weighted by Gasteiger charge is -2.09. The first-order valence-corrected chi connectivity index (χ1v) is 7.67. The van der Waals surface area contributed by atoms with Crippen LogP contribution in [0, 0.1) is 0 Å². The highest BCUT2D eigenvalue weighted by Crippen LogP contribution is 2.22. The van der Waals surface area contributed by atoms with Gasteiger partial charge in [0.05, 0.1) is 22.8 Å². The van der Waals surface area contributed by atoms with E-state index in [-0.39, 0.29) is 22.0 Å². The Labute approximate surface area is 126 Å². The van der Waals surface area contributed by atoms with Gasteiger partial charge in [0.15, 0.2) is 0 Å². The summed E-state index contributed by atoms with van der Waals surface area (Å²) in [5.74, 6) is -1.18. The Morgan fingerprint density at radius 3 is 2.67 bits per heavy atom. The number of hydrogen-bond donors (Lipinski definition) is 2. The predicted octanol–water partition coefficient (Wildman–Crippen LogP) is 1.25. The van der Waals surface area contributed by atoms with Gasteiger partial charge in [0.1, 0.15) is 4.90 Å². The molecule has 0 aliphatic rings. The fourth-order valence-corrected chi connectivity index (χ4v) is 3.21. The smallest absolute Gasteiger partial charge is 0.335 e. The highest BCUT2D eigenvalue weighted by Gasteiger charge is 2.19. The Hall–Kier alpha value is -1.90. The lowest BCUT2D eigenvalue weighted by Crippen LogP contribution is -2.24. The zero-order valence-corrected chi connectivity index (χ0v) is 12.5. The van der Waals surface area contributed by atoms with Gasteiger partial charge in [0, 0.05) is 13.2 Å². The SMILES string of the molecule is Cn1nccc1CNS(=O)(=O)c1ccc(C(=O)O)cc1Cl. The third-order valence-corrected chi connectivity index (χ3v) is 4.72. The van der Waals surface area contributed by atoms with E-state index in [2.05, 4.69) is 9.82 Å². The summed E-state index contributed by atoms with van der Waals surface area (Å²) in [5, 5.41) is 12.6. The highest BCUT2D eigenvalue weighted by molar-refractivity contribution is 7.89. The standard InChI is InChI=1S/C12H12ClN3O4S/c1-16-9(4-5-14-16)7-15-21(19,20)11-3-2-8(12(17)18)6-10(11)13/h2-6,15H,7H2,1H3,(H,17,18). The van der Waals surface area contributed by atoms with Crippen molar-refractivity contribution in [3.05, 3.63) is 46.7 Å². The zero-order chi connectivity index (χ0) is 15.6. The number of carboxylic acid groups (broad SMARTS) is 1. The second-order valence-corrected chi connectivity index (χ2v) is 6.36. The van der Waals surface area contributed by atoms with Crippen molar-refractivity contribution in [3.8, 4) is 0 Å². The average molecular weight is 330 g/mol. The monoisotopic (exact) mass is 329 g/mol. The Morgan fingerprint density at radius 1 is 1.43 bits per heavy atom. The molecule has 0 unspecified atom stereocenters. The Bertz CT molecular complexity index is 786. The molecule has 1 heterocycles. The van der Waals surface area contributed by atoms with Crippen molar-refractivity contribution in [2.75, 3.05) is 0 Å². The molecule has 0 amide bonds. The first-order valence-electron chi connectivity index (χ1n) is 5.80. The molecule has 9 heteroatoms. The van der Waals surface area contributed by atoms with Crippen molar-refractivity contribution in [3.63, 3.8) is 0 Å². The summed E-state index contributed by atoms with van der Waals surface area (Å²) in [6.07, 6.45) is 1.55. The Kier molecular flexibility index (Phi) is 4.31. The van der Waals surface area contributed by atoms with E-state index in [1.54, 1.807) is 19.3 Å². The molecule has 0 atom stereocenters. The molecular formula is C12H12ClN3O4S. The molecule has 0 bridgehead atoms. The fraction of sp³-hybridized carbons (Fsp3) is 0.167. The number of aromatic carboxylic acids is 1. The van der Waals surface area contributed by atoms with E-state index in [1.807, 2.05) is 0 Å². The number of aryl methyl sites for hydroxylation is 1. The molecule has 21 heavy (non-hydrogen) atoms. The van der Waals surface area contributed by atoms with Crippen molar-refractivity contribution < 1.29 is 18.3 Å². The molecule has 0 fully saturated rings. The molecule has 2 aromatic rings. The molecule has 0 saturated heterocycles. The van der Waals surface area contributed by atoms with Gasteiger partial charge in [-0.3, -0.25) is 4.68 Å². The summed E-state index contributed by atoms with van der Waals surface area (Å²) in [7, 11) is -2.15. The van der Waals surface area contributed by atoms with Crippen molar-refractivity contribution in [1.29, 1.82) is 0 Å². The van der Waals surface area contributed by atoms with E-state index in [9.17, 15) is 13.2 Å². The van der Waals surface area contributed by atoms with E-state index in [0.717, 1.165) is 12.1 Å². The van der Waals surface area contributed by atoms with Gasteiger partial charge in [0.2, 0.25) is 10.0 Å². The van der Waals surface area contributed by atoms with Gasteiger partial charge in [-0.15, -0.1) is 0 Å². The summed E-state index contributed by atoms with van der Waals surface area (Å²) in [4.78, 5) is 10.6. The molecule has 0 radical (unpaired) electrons. The van der Waals surface area contributed by atoms with Crippen LogP contribution in [-0.2, 0) is 23.6 Å². The van der Waals surface area contributed by atoms with Crippen LogP contribution in [0.5, 0.6) is 0 Å². The van der Waals surface area contributed by atoms with Gasteiger partial charge in [-0.05, 0) is 24.3 Å². The van der Waals surface area contributed by atoms with Crippen LogP contribution in [0.25, 0.3) is 0 Å². The number of carboxylic acids is 1. The number of aromatic nitrogens is 2. The maximum atomic E-state index is 12.2. The average Bonchev–Trinajstić information content (AvgIpc) is 2.81. The third kappa shape index (κ3) is 3.41. The van der Waals surface area contributed by atoms with Crippen molar-refractivity contribution in [2.24, 2.45) is 7.05 Å². The predicted molar refractivity (Wildman–Crippen MR) is 75.6 cm³/mol. The number of carbonyl (C=O) groups is 1. The topological polar surface area (TPSA) is 101 Å². The Balaban J connectivity index is 2.23. The number of hydrogen-bond acceptors (Lipinski definition) is 4. The molecule has 2 rings (SSSR count). The number of nitrogens with zero attached hydrogens (tertiary/aromatic N) is 2. The van der Waals surface area contributed by atoms with Gasteiger partial charge in [-0.1, -0.05) is 11.6 Å². The van der Waals surface area contributed by atoms with Crippen LogP contribution in [0.2, 0.25) is 5.02 Å². The largest absolute Gasteiger partial charge is 0.478 e. The van der Waals surface area contributed by atoms with Crippen LogP contribution in [0.3, 0.4) is 0 Å². The number of rotatable bonds is 5. The molecule has 1 aromatic heterocycles. The van der Waals surface area contributed by atoms with Gasteiger partial charge in [-0.25, -0.2) is 17.9 Å². The number of nitrogens with one attached hydrogen (secondary N) is 1. The van der Waals surface area contributed by atoms with Crippen LogP contribution in [-0.4, -0.2) is 29.3 Å². The van der Waals surface area contributed by atoms with Crippen LogP contribution in [0.4, 0.5) is 0 Å².